The number of carbonyl (C=O) groups excluding carboxylic acids is 1. The van der Waals surface area contributed by atoms with Crippen molar-refractivity contribution in [1.29, 1.82) is 0 Å². The van der Waals surface area contributed by atoms with E-state index in [9.17, 15) is 13.2 Å². The number of carbonyl (C=O) groups is 1. The number of fused-ring (bicyclic) bond motifs is 1. The second-order valence-electron chi connectivity index (χ2n) is 6.98. The fourth-order valence-electron chi connectivity index (χ4n) is 3.45. The Hall–Kier alpha value is -3.03. The molecule has 1 aliphatic heterocycles. The van der Waals surface area contributed by atoms with Gasteiger partial charge in [-0.1, -0.05) is 35.9 Å². The van der Waals surface area contributed by atoms with Crippen LogP contribution < -0.4 is 14.9 Å². The van der Waals surface area contributed by atoms with Gasteiger partial charge in [0.1, 0.15) is 0 Å². The number of nitrogens with one attached hydrogen (secondary N) is 2. The van der Waals surface area contributed by atoms with Crippen LogP contribution >= 0.6 is 11.6 Å². The summed E-state index contributed by atoms with van der Waals surface area (Å²) in [4.78, 5) is 12.6. The highest BCUT2D eigenvalue weighted by Gasteiger charge is 2.30. The topological polar surface area (TPSA) is 78.5 Å². The molecule has 0 radical (unpaired) electrons. The molecule has 0 bridgehead atoms. The van der Waals surface area contributed by atoms with Crippen LogP contribution in [0.1, 0.15) is 11.1 Å². The predicted molar refractivity (Wildman–Crippen MR) is 120 cm³/mol. The number of rotatable bonds is 4. The molecule has 3 aromatic carbocycles. The molecule has 0 atom stereocenters. The molecular formula is C22H20ClN3O3S. The predicted octanol–water partition coefficient (Wildman–Crippen LogP) is 5.04. The molecule has 1 heterocycles. The Kier molecular flexibility index (Phi) is 5.40. The van der Waals surface area contributed by atoms with Crippen LogP contribution in [0.4, 0.5) is 21.9 Å². The SMILES string of the molecule is Cc1c(Cl)cccc1NC(=O)Nc1ccc2c(c1)CCN2S(=O)(=O)c1ccccc1. The first-order valence-electron chi connectivity index (χ1n) is 9.40. The third kappa shape index (κ3) is 3.86. The molecule has 6 nitrogen and oxygen atoms in total. The molecule has 0 spiro atoms. The fourth-order valence-corrected chi connectivity index (χ4v) is 5.14. The zero-order chi connectivity index (χ0) is 21.3. The number of benzene rings is 3. The number of urea groups is 1. The van der Waals surface area contributed by atoms with Crippen molar-refractivity contribution >= 4 is 44.7 Å². The molecule has 2 N–H and O–H groups in total. The molecule has 8 heteroatoms. The molecule has 0 fully saturated rings. The number of sulfonamides is 1. The molecular weight excluding hydrogens is 422 g/mol. The van der Waals surface area contributed by atoms with Crippen molar-refractivity contribution in [1.82, 2.24) is 0 Å². The monoisotopic (exact) mass is 441 g/mol. The van der Waals surface area contributed by atoms with Gasteiger partial charge in [-0.25, -0.2) is 13.2 Å². The largest absolute Gasteiger partial charge is 0.323 e. The quantitative estimate of drug-likeness (QED) is 0.595. The van der Waals surface area contributed by atoms with Crippen molar-refractivity contribution in [2.24, 2.45) is 0 Å². The third-order valence-electron chi connectivity index (χ3n) is 5.04. The molecule has 0 unspecified atom stereocenters. The van der Waals surface area contributed by atoms with Crippen LogP contribution in [0.25, 0.3) is 0 Å². The number of hydrogen-bond donors (Lipinski definition) is 2. The molecule has 1 aliphatic rings. The zero-order valence-corrected chi connectivity index (χ0v) is 17.8. The minimum Gasteiger partial charge on any atom is -0.308 e. The lowest BCUT2D eigenvalue weighted by Crippen LogP contribution is -2.29. The lowest BCUT2D eigenvalue weighted by Gasteiger charge is -2.20. The first-order valence-corrected chi connectivity index (χ1v) is 11.2. The maximum atomic E-state index is 13.0. The van der Waals surface area contributed by atoms with Gasteiger partial charge < -0.3 is 10.6 Å². The van der Waals surface area contributed by atoms with Crippen LogP contribution in [0.15, 0.2) is 71.6 Å². The van der Waals surface area contributed by atoms with Crippen molar-refractivity contribution < 1.29 is 13.2 Å². The summed E-state index contributed by atoms with van der Waals surface area (Å²) >= 11 is 6.09. The van der Waals surface area contributed by atoms with Gasteiger partial charge in [0.25, 0.3) is 10.0 Å². The van der Waals surface area contributed by atoms with E-state index in [4.69, 9.17) is 11.6 Å². The van der Waals surface area contributed by atoms with Gasteiger partial charge in [0.15, 0.2) is 0 Å². The summed E-state index contributed by atoms with van der Waals surface area (Å²) < 4.78 is 27.3. The summed E-state index contributed by atoms with van der Waals surface area (Å²) in [5, 5.41) is 6.15. The number of amides is 2. The highest BCUT2D eigenvalue weighted by molar-refractivity contribution is 7.92. The minimum absolute atomic E-state index is 0.260. The second kappa shape index (κ2) is 8.01. The van der Waals surface area contributed by atoms with Crippen molar-refractivity contribution in [2.75, 3.05) is 21.5 Å². The molecule has 0 saturated carbocycles. The standard InChI is InChI=1S/C22H20ClN3O3S/c1-15-19(23)8-5-9-20(15)25-22(27)24-17-10-11-21-16(14-17)12-13-26(21)30(28,29)18-6-3-2-4-7-18/h2-11,14H,12-13H2,1H3,(H2,24,25,27). The molecule has 154 valence electrons. The van der Waals surface area contributed by atoms with Crippen molar-refractivity contribution in [3.05, 3.63) is 82.9 Å². The van der Waals surface area contributed by atoms with Crippen LogP contribution in [0, 0.1) is 6.92 Å². The zero-order valence-electron chi connectivity index (χ0n) is 16.2. The van der Waals surface area contributed by atoms with Crippen molar-refractivity contribution in [3.63, 3.8) is 0 Å². The molecule has 0 aromatic heterocycles. The van der Waals surface area contributed by atoms with Gasteiger partial charge >= 0.3 is 6.03 Å². The highest BCUT2D eigenvalue weighted by Crippen LogP contribution is 2.34. The maximum Gasteiger partial charge on any atom is 0.323 e. The van der Waals surface area contributed by atoms with Crippen LogP contribution in [0.2, 0.25) is 5.02 Å². The normalized spacial score (nSPS) is 13.1. The Balaban J connectivity index is 1.51. The van der Waals surface area contributed by atoms with Gasteiger partial charge in [-0.15, -0.1) is 0 Å². The first-order chi connectivity index (χ1) is 14.4. The van der Waals surface area contributed by atoms with Crippen LogP contribution in [-0.2, 0) is 16.4 Å². The summed E-state index contributed by atoms with van der Waals surface area (Å²) in [7, 11) is -3.62. The smallest absolute Gasteiger partial charge is 0.308 e. The number of halogens is 1. The maximum absolute atomic E-state index is 13.0. The second-order valence-corrected chi connectivity index (χ2v) is 9.24. The molecule has 0 saturated heterocycles. The molecule has 0 aliphatic carbocycles. The summed E-state index contributed by atoms with van der Waals surface area (Å²) in [6.45, 7) is 2.19. The van der Waals surface area contributed by atoms with Gasteiger partial charge in [0.2, 0.25) is 0 Å². The van der Waals surface area contributed by atoms with Crippen LogP contribution in [0.3, 0.4) is 0 Å². The van der Waals surface area contributed by atoms with E-state index in [2.05, 4.69) is 10.6 Å². The van der Waals surface area contributed by atoms with Gasteiger partial charge in [0, 0.05) is 22.9 Å². The highest BCUT2D eigenvalue weighted by atomic mass is 35.5. The first kappa shape index (κ1) is 20.3. The van der Waals surface area contributed by atoms with Gasteiger partial charge in [-0.05, 0) is 66.9 Å². The summed E-state index contributed by atoms with van der Waals surface area (Å²) in [6, 6.07) is 18.5. The Morgan fingerprint density at radius 3 is 2.53 bits per heavy atom. The van der Waals surface area contributed by atoms with Crippen molar-refractivity contribution in [3.8, 4) is 0 Å². The minimum atomic E-state index is -3.62. The van der Waals surface area contributed by atoms with E-state index in [1.165, 1.54) is 4.31 Å². The Bertz CT molecular complexity index is 1210. The van der Waals surface area contributed by atoms with Gasteiger partial charge in [-0.2, -0.15) is 0 Å². The van der Waals surface area contributed by atoms with E-state index < -0.39 is 16.1 Å². The average Bonchev–Trinajstić information content (AvgIpc) is 3.16. The number of nitrogens with zero attached hydrogens (tertiary/aromatic N) is 1. The van der Waals surface area contributed by atoms with E-state index in [1.54, 1.807) is 66.7 Å². The van der Waals surface area contributed by atoms with E-state index in [-0.39, 0.29) is 4.90 Å². The summed E-state index contributed by atoms with van der Waals surface area (Å²) in [6.07, 6.45) is 0.575. The van der Waals surface area contributed by atoms with Crippen LogP contribution in [-0.4, -0.2) is 21.0 Å². The molecule has 4 rings (SSSR count). The van der Waals surface area contributed by atoms with Crippen LogP contribution in [0.5, 0.6) is 0 Å². The lowest BCUT2D eigenvalue weighted by atomic mass is 10.1. The Morgan fingerprint density at radius 1 is 1.00 bits per heavy atom. The number of hydrogen-bond acceptors (Lipinski definition) is 3. The fraction of sp³-hybridized carbons (Fsp3) is 0.136. The van der Waals surface area contributed by atoms with Gasteiger partial charge in [-0.3, -0.25) is 4.31 Å². The summed E-state index contributed by atoms with van der Waals surface area (Å²) in [5.41, 5.74) is 3.50. The Labute approximate surface area is 180 Å². The van der Waals surface area contributed by atoms with E-state index in [0.29, 0.717) is 35.1 Å². The molecule has 30 heavy (non-hydrogen) atoms. The Morgan fingerprint density at radius 2 is 1.77 bits per heavy atom. The summed E-state index contributed by atoms with van der Waals surface area (Å²) in [5.74, 6) is 0. The molecule has 3 aromatic rings. The van der Waals surface area contributed by atoms with Gasteiger partial charge in [0.05, 0.1) is 10.6 Å². The van der Waals surface area contributed by atoms with E-state index in [0.717, 1.165) is 11.1 Å². The number of anilines is 3. The third-order valence-corrected chi connectivity index (χ3v) is 7.27. The van der Waals surface area contributed by atoms with E-state index in [1.807, 2.05) is 6.92 Å². The lowest BCUT2D eigenvalue weighted by molar-refractivity contribution is 0.262. The average molecular weight is 442 g/mol. The molecule has 2 amide bonds. The van der Waals surface area contributed by atoms with Crippen molar-refractivity contribution in [2.45, 2.75) is 18.2 Å². The van der Waals surface area contributed by atoms with E-state index >= 15 is 0 Å².